The van der Waals surface area contributed by atoms with Gasteiger partial charge < -0.3 is 9.64 Å². The first kappa shape index (κ1) is 25.4. The third kappa shape index (κ3) is 6.43. The second kappa shape index (κ2) is 10.8. The van der Waals surface area contributed by atoms with Gasteiger partial charge in [-0.25, -0.2) is 8.42 Å². The number of amides is 1. The average molecular weight is 473 g/mol. The Hall–Kier alpha value is -2.22. The maximum atomic E-state index is 13.3. The van der Waals surface area contributed by atoms with E-state index >= 15 is 0 Å². The second-order valence-electron chi connectivity index (χ2n) is 9.69. The van der Waals surface area contributed by atoms with Crippen LogP contribution >= 0.6 is 0 Å². The summed E-state index contributed by atoms with van der Waals surface area (Å²) in [4.78, 5) is 15.4. The number of benzene rings is 2. The van der Waals surface area contributed by atoms with E-state index < -0.39 is 10.0 Å². The number of carbonyl (C=O) groups excluding carboxylic acids is 1. The minimum absolute atomic E-state index is 0.0323. The summed E-state index contributed by atoms with van der Waals surface area (Å²) in [5, 5.41) is 0. The Kier molecular flexibility index (Phi) is 8.32. The molecule has 0 saturated carbocycles. The molecule has 2 aromatic rings. The summed E-state index contributed by atoms with van der Waals surface area (Å²) in [5.41, 5.74) is 2.14. The number of hydrogen-bond acceptors (Lipinski definition) is 4. The molecule has 180 valence electrons. The van der Waals surface area contributed by atoms with Gasteiger partial charge in [-0.3, -0.25) is 4.79 Å². The summed E-state index contributed by atoms with van der Waals surface area (Å²) in [6, 6.07) is 17.1. The lowest BCUT2D eigenvalue weighted by Gasteiger charge is -2.34. The summed E-state index contributed by atoms with van der Waals surface area (Å²) >= 11 is 0. The van der Waals surface area contributed by atoms with Crippen molar-refractivity contribution < 1.29 is 17.9 Å². The number of hydrogen-bond donors (Lipinski definition) is 0. The molecular formula is C26H36N2O4S. The fourth-order valence-corrected chi connectivity index (χ4v) is 5.62. The topological polar surface area (TPSA) is 66.9 Å². The van der Waals surface area contributed by atoms with Crippen molar-refractivity contribution in [1.29, 1.82) is 0 Å². The van der Waals surface area contributed by atoms with Crippen LogP contribution in [0.15, 0.2) is 59.5 Å². The average Bonchev–Trinajstić information content (AvgIpc) is 2.81. The Morgan fingerprint density at radius 2 is 1.64 bits per heavy atom. The van der Waals surface area contributed by atoms with E-state index in [4.69, 9.17) is 4.74 Å². The first-order valence-electron chi connectivity index (χ1n) is 11.6. The molecule has 0 radical (unpaired) electrons. The number of ether oxygens (including phenoxy) is 1. The normalized spacial score (nSPS) is 16.0. The van der Waals surface area contributed by atoms with Crippen LogP contribution in [-0.4, -0.2) is 56.9 Å². The van der Waals surface area contributed by atoms with Gasteiger partial charge in [0.15, 0.2) is 0 Å². The molecule has 1 heterocycles. The number of piperidine rings is 1. The van der Waals surface area contributed by atoms with Crippen LogP contribution in [0.3, 0.4) is 0 Å². The predicted octanol–water partition coefficient (Wildman–Crippen LogP) is 4.06. The van der Waals surface area contributed by atoms with Crippen LogP contribution in [0.1, 0.15) is 44.7 Å². The maximum Gasteiger partial charge on any atom is 0.243 e. The van der Waals surface area contributed by atoms with Gasteiger partial charge in [-0.2, -0.15) is 4.31 Å². The first-order chi connectivity index (χ1) is 15.6. The summed E-state index contributed by atoms with van der Waals surface area (Å²) in [6.45, 7) is 8.53. The highest BCUT2D eigenvalue weighted by atomic mass is 32.2. The Morgan fingerprint density at radius 3 is 2.18 bits per heavy atom. The second-order valence-corrected chi connectivity index (χ2v) is 11.6. The highest BCUT2D eigenvalue weighted by Crippen LogP contribution is 2.28. The molecule has 33 heavy (non-hydrogen) atoms. The molecule has 0 spiro atoms. The van der Waals surface area contributed by atoms with Gasteiger partial charge in [-0.1, -0.05) is 63.2 Å². The molecule has 1 amide bonds. The van der Waals surface area contributed by atoms with E-state index in [0.717, 1.165) is 11.1 Å². The third-order valence-corrected chi connectivity index (χ3v) is 8.17. The van der Waals surface area contributed by atoms with Gasteiger partial charge >= 0.3 is 0 Å². The molecule has 2 aromatic carbocycles. The van der Waals surface area contributed by atoms with Crippen LogP contribution in [0.5, 0.6) is 0 Å². The molecule has 0 bridgehead atoms. The van der Waals surface area contributed by atoms with E-state index in [1.165, 1.54) is 4.31 Å². The standard InChI is InChI=1S/C26H36N2O4S/c1-26(2,3)23-10-12-24(13-11-23)33(30,31)28-16-14-22(15-17-28)25(29)27(18-19-32-4)20-21-8-6-5-7-9-21/h5-13,22H,14-20H2,1-4H3. The van der Waals surface area contributed by atoms with Crippen molar-refractivity contribution in [1.82, 2.24) is 9.21 Å². The fraction of sp³-hybridized carbons (Fsp3) is 0.500. The van der Waals surface area contributed by atoms with E-state index in [9.17, 15) is 13.2 Å². The smallest absolute Gasteiger partial charge is 0.243 e. The van der Waals surface area contributed by atoms with E-state index in [1.807, 2.05) is 47.4 Å². The zero-order valence-electron chi connectivity index (χ0n) is 20.2. The van der Waals surface area contributed by atoms with Gasteiger partial charge in [0.05, 0.1) is 11.5 Å². The van der Waals surface area contributed by atoms with Crippen LogP contribution in [0.25, 0.3) is 0 Å². The van der Waals surface area contributed by atoms with Crippen molar-refractivity contribution in [3.63, 3.8) is 0 Å². The van der Waals surface area contributed by atoms with Crippen molar-refractivity contribution >= 4 is 15.9 Å². The van der Waals surface area contributed by atoms with Crippen molar-refractivity contribution in [3.8, 4) is 0 Å². The molecule has 7 heteroatoms. The zero-order valence-corrected chi connectivity index (χ0v) is 21.0. The van der Waals surface area contributed by atoms with E-state index in [-0.39, 0.29) is 17.2 Å². The van der Waals surface area contributed by atoms with E-state index in [0.29, 0.717) is 50.5 Å². The van der Waals surface area contributed by atoms with Gasteiger partial charge in [0.1, 0.15) is 0 Å². The Morgan fingerprint density at radius 1 is 1.03 bits per heavy atom. The lowest BCUT2D eigenvalue weighted by Crippen LogP contribution is -2.45. The highest BCUT2D eigenvalue weighted by molar-refractivity contribution is 7.89. The van der Waals surface area contributed by atoms with E-state index in [2.05, 4.69) is 20.8 Å². The Labute approximate surface area is 198 Å². The van der Waals surface area contributed by atoms with Gasteiger partial charge in [0.25, 0.3) is 0 Å². The SMILES string of the molecule is COCCN(Cc1ccccc1)C(=O)C1CCN(S(=O)(=O)c2ccc(C(C)(C)C)cc2)CC1. The molecule has 1 aliphatic rings. The molecule has 0 aliphatic carbocycles. The lowest BCUT2D eigenvalue weighted by atomic mass is 9.87. The molecule has 3 rings (SSSR count). The molecule has 1 fully saturated rings. The van der Waals surface area contributed by atoms with Crippen molar-refractivity contribution in [2.24, 2.45) is 5.92 Å². The lowest BCUT2D eigenvalue weighted by molar-refractivity contribution is -0.138. The van der Waals surface area contributed by atoms with Crippen LogP contribution in [0.2, 0.25) is 0 Å². The first-order valence-corrected chi connectivity index (χ1v) is 13.0. The minimum Gasteiger partial charge on any atom is -0.383 e. The number of sulfonamides is 1. The number of nitrogens with zero attached hydrogens (tertiary/aromatic N) is 2. The van der Waals surface area contributed by atoms with Gasteiger partial charge in [0.2, 0.25) is 15.9 Å². The largest absolute Gasteiger partial charge is 0.383 e. The van der Waals surface area contributed by atoms with Crippen molar-refractivity contribution in [3.05, 3.63) is 65.7 Å². The van der Waals surface area contributed by atoms with Crippen molar-refractivity contribution in [2.75, 3.05) is 33.4 Å². The maximum absolute atomic E-state index is 13.3. The molecule has 0 atom stereocenters. The van der Waals surface area contributed by atoms with Crippen LogP contribution in [-0.2, 0) is 31.5 Å². The highest BCUT2D eigenvalue weighted by Gasteiger charge is 2.34. The number of rotatable bonds is 8. The van der Waals surface area contributed by atoms with Gasteiger partial charge in [0, 0.05) is 39.2 Å². The quantitative estimate of drug-likeness (QED) is 0.581. The Balaban J connectivity index is 1.65. The summed E-state index contributed by atoms with van der Waals surface area (Å²) in [5.74, 6) is -0.109. The Bertz CT molecular complexity index is 1010. The molecule has 6 nitrogen and oxygen atoms in total. The number of carbonyl (C=O) groups is 1. The molecule has 0 unspecified atom stereocenters. The van der Waals surface area contributed by atoms with Crippen LogP contribution in [0.4, 0.5) is 0 Å². The van der Waals surface area contributed by atoms with E-state index in [1.54, 1.807) is 19.2 Å². The summed E-state index contributed by atoms with van der Waals surface area (Å²) in [7, 11) is -1.94. The fourth-order valence-electron chi connectivity index (χ4n) is 4.15. The molecule has 1 saturated heterocycles. The molecular weight excluding hydrogens is 436 g/mol. The number of methoxy groups -OCH3 is 1. The summed E-state index contributed by atoms with van der Waals surface area (Å²) < 4.78 is 33.0. The van der Waals surface area contributed by atoms with Gasteiger partial charge in [-0.05, 0) is 41.5 Å². The molecule has 0 N–H and O–H groups in total. The monoisotopic (exact) mass is 472 g/mol. The third-order valence-electron chi connectivity index (χ3n) is 6.25. The predicted molar refractivity (Wildman–Crippen MR) is 130 cm³/mol. The van der Waals surface area contributed by atoms with Crippen LogP contribution in [0, 0.1) is 5.92 Å². The minimum atomic E-state index is -3.57. The molecule has 0 aromatic heterocycles. The van der Waals surface area contributed by atoms with Crippen molar-refractivity contribution in [2.45, 2.75) is 50.5 Å². The van der Waals surface area contributed by atoms with Gasteiger partial charge in [-0.15, -0.1) is 0 Å². The summed E-state index contributed by atoms with van der Waals surface area (Å²) in [6.07, 6.45) is 1.05. The molecule has 1 aliphatic heterocycles. The zero-order chi connectivity index (χ0) is 24.1. The van der Waals surface area contributed by atoms with Crippen LogP contribution < -0.4 is 0 Å².